The molecule has 64 valence electrons. The molecule has 12 heavy (non-hydrogen) atoms. The van der Waals surface area contributed by atoms with Crippen LogP contribution < -0.4 is 4.74 Å². The van der Waals surface area contributed by atoms with E-state index in [1.54, 1.807) is 7.11 Å². The molecule has 1 aromatic rings. The van der Waals surface area contributed by atoms with Crippen LogP contribution in [-0.4, -0.2) is 16.6 Å². The summed E-state index contributed by atoms with van der Waals surface area (Å²) < 4.78 is 5.23. The number of para-hydroxylation sites is 1. The van der Waals surface area contributed by atoms with E-state index < -0.39 is 0 Å². The van der Waals surface area contributed by atoms with Gasteiger partial charge in [0.25, 0.3) is 0 Å². The minimum atomic E-state index is -0.123. The fourth-order valence-corrected chi connectivity index (χ4v) is 2.10. The lowest BCUT2D eigenvalue weighted by Gasteiger charge is -2.05. The zero-order valence-corrected chi connectivity index (χ0v) is 8.83. The van der Waals surface area contributed by atoms with Crippen LogP contribution in [0.5, 0.6) is 5.75 Å². The average Bonchev–Trinajstić information content (AvgIpc) is 2.15. The van der Waals surface area contributed by atoms with E-state index in [4.69, 9.17) is 4.74 Å². The molecule has 0 saturated heterocycles. The standard InChI is InChI=1S/C10H14OSi/c1-3-12-8-9-6-4-5-7-10(9)11-2/h3-7H,1,8,12H2,2H3. The zero-order valence-electron chi connectivity index (χ0n) is 7.42. The van der Waals surface area contributed by atoms with Crippen LogP contribution in [0.2, 0.25) is 0 Å². The second-order valence-electron chi connectivity index (χ2n) is 2.64. The molecular formula is C10H14OSi. The summed E-state index contributed by atoms with van der Waals surface area (Å²) in [6, 6.07) is 9.32. The molecule has 0 atom stereocenters. The minimum absolute atomic E-state index is 0.123. The maximum atomic E-state index is 5.23. The predicted octanol–water partition coefficient (Wildman–Crippen LogP) is 1.51. The van der Waals surface area contributed by atoms with Gasteiger partial charge in [0.05, 0.1) is 7.11 Å². The van der Waals surface area contributed by atoms with E-state index in [2.05, 4.69) is 24.4 Å². The van der Waals surface area contributed by atoms with Crippen LogP contribution in [0.3, 0.4) is 0 Å². The van der Waals surface area contributed by atoms with Crippen molar-refractivity contribution >= 4 is 9.52 Å². The van der Waals surface area contributed by atoms with Crippen LogP contribution in [0.25, 0.3) is 0 Å². The van der Waals surface area contributed by atoms with Gasteiger partial charge in [0.15, 0.2) is 0 Å². The molecule has 0 bridgehead atoms. The highest BCUT2D eigenvalue weighted by Crippen LogP contribution is 2.16. The molecule has 0 aliphatic heterocycles. The Hall–Kier alpha value is -1.02. The number of hydrogen-bond donors (Lipinski definition) is 0. The maximum absolute atomic E-state index is 5.23. The summed E-state index contributed by atoms with van der Waals surface area (Å²) >= 11 is 0. The van der Waals surface area contributed by atoms with Crippen molar-refractivity contribution < 1.29 is 4.74 Å². The molecule has 0 N–H and O–H groups in total. The molecule has 2 heteroatoms. The van der Waals surface area contributed by atoms with Gasteiger partial charge in [-0.3, -0.25) is 0 Å². The quantitative estimate of drug-likeness (QED) is 0.635. The summed E-state index contributed by atoms with van der Waals surface area (Å²) in [5.74, 6) is 1.01. The van der Waals surface area contributed by atoms with E-state index in [9.17, 15) is 0 Å². The number of methoxy groups -OCH3 is 1. The second kappa shape index (κ2) is 4.77. The maximum Gasteiger partial charge on any atom is 0.121 e. The van der Waals surface area contributed by atoms with Crippen molar-refractivity contribution in [3.8, 4) is 5.75 Å². The largest absolute Gasteiger partial charge is 0.496 e. The topological polar surface area (TPSA) is 9.23 Å². The molecule has 0 saturated carbocycles. The van der Waals surface area contributed by atoms with Crippen molar-refractivity contribution in [3.63, 3.8) is 0 Å². The van der Waals surface area contributed by atoms with Crippen molar-refractivity contribution in [1.29, 1.82) is 0 Å². The third-order valence-corrected chi connectivity index (χ3v) is 3.05. The molecular weight excluding hydrogens is 164 g/mol. The Bertz CT molecular complexity index is 258. The first kappa shape index (κ1) is 9.07. The van der Waals surface area contributed by atoms with Gasteiger partial charge in [-0.2, -0.15) is 0 Å². The fraction of sp³-hybridized carbons (Fsp3) is 0.200. The molecule has 0 radical (unpaired) electrons. The van der Waals surface area contributed by atoms with Crippen molar-refractivity contribution in [2.24, 2.45) is 0 Å². The lowest BCUT2D eigenvalue weighted by Crippen LogP contribution is -1.96. The monoisotopic (exact) mass is 178 g/mol. The number of ether oxygens (including phenoxy) is 1. The Labute approximate surface area is 75.9 Å². The van der Waals surface area contributed by atoms with Crippen molar-refractivity contribution in [1.82, 2.24) is 0 Å². The van der Waals surface area contributed by atoms with Gasteiger partial charge >= 0.3 is 0 Å². The van der Waals surface area contributed by atoms with Crippen LogP contribution in [0, 0.1) is 0 Å². The average molecular weight is 178 g/mol. The molecule has 0 aliphatic carbocycles. The van der Waals surface area contributed by atoms with Crippen LogP contribution >= 0.6 is 0 Å². The van der Waals surface area contributed by atoms with E-state index in [1.807, 2.05) is 12.1 Å². The van der Waals surface area contributed by atoms with Crippen molar-refractivity contribution in [2.45, 2.75) is 6.04 Å². The Kier molecular flexibility index (Phi) is 3.61. The summed E-state index contributed by atoms with van der Waals surface area (Å²) in [4.78, 5) is 0. The molecule has 0 amide bonds. The number of rotatable bonds is 4. The first-order valence-corrected chi connectivity index (χ1v) is 5.93. The van der Waals surface area contributed by atoms with E-state index in [0.29, 0.717) is 0 Å². The fourth-order valence-electron chi connectivity index (χ4n) is 1.17. The molecule has 0 unspecified atom stereocenters. The third-order valence-electron chi connectivity index (χ3n) is 1.81. The van der Waals surface area contributed by atoms with E-state index in [0.717, 1.165) is 11.8 Å². The Morgan fingerprint density at radius 1 is 1.50 bits per heavy atom. The smallest absolute Gasteiger partial charge is 0.121 e. The molecule has 1 aromatic carbocycles. The summed E-state index contributed by atoms with van der Waals surface area (Å²) in [6.45, 7) is 3.75. The van der Waals surface area contributed by atoms with Gasteiger partial charge in [0.2, 0.25) is 0 Å². The number of benzene rings is 1. The summed E-state index contributed by atoms with van der Waals surface area (Å²) in [7, 11) is 1.59. The van der Waals surface area contributed by atoms with Crippen molar-refractivity contribution in [2.75, 3.05) is 7.11 Å². The molecule has 1 nitrogen and oxygen atoms in total. The molecule has 0 aromatic heterocycles. The summed E-state index contributed by atoms with van der Waals surface area (Å²) in [6.07, 6.45) is 0. The summed E-state index contributed by atoms with van der Waals surface area (Å²) in [5, 5.41) is 0. The van der Waals surface area contributed by atoms with E-state index in [1.165, 1.54) is 5.56 Å². The first-order valence-electron chi connectivity index (χ1n) is 4.11. The zero-order chi connectivity index (χ0) is 8.81. The normalized spacial score (nSPS) is 10.4. The van der Waals surface area contributed by atoms with Gasteiger partial charge in [-0.15, -0.1) is 12.3 Å². The van der Waals surface area contributed by atoms with Crippen LogP contribution in [0.4, 0.5) is 0 Å². The van der Waals surface area contributed by atoms with Crippen LogP contribution in [-0.2, 0) is 6.04 Å². The van der Waals surface area contributed by atoms with Gasteiger partial charge in [-0.05, 0) is 17.7 Å². The minimum Gasteiger partial charge on any atom is -0.496 e. The van der Waals surface area contributed by atoms with Crippen LogP contribution in [0.15, 0.2) is 36.5 Å². The first-order chi connectivity index (χ1) is 5.88. The highest BCUT2D eigenvalue weighted by molar-refractivity contribution is 6.41. The Balaban J connectivity index is 2.74. The van der Waals surface area contributed by atoms with E-state index in [-0.39, 0.29) is 9.52 Å². The van der Waals surface area contributed by atoms with Gasteiger partial charge in [0, 0.05) is 9.52 Å². The van der Waals surface area contributed by atoms with Gasteiger partial charge < -0.3 is 4.74 Å². The highest BCUT2D eigenvalue weighted by Gasteiger charge is 1.98. The molecule has 1 rings (SSSR count). The van der Waals surface area contributed by atoms with E-state index >= 15 is 0 Å². The lowest BCUT2D eigenvalue weighted by atomic mass is 10.2. The molecule has 0 heterocycles. The van der Waals surface area contributed by atoms with Gasteiger partial charge in [-0.1, -0.05) is 18.2 Å². The van der Waals surface area contributed by atoms with Crippen molar-refractivity contribution in [3.05, 3.63) is 42.1 Å². The number of hydrogen-bond acceptors (Lipinski definition) is 1. The molecule has 0 fully saturated rings. The second-order valence-corrected chi connectivity index (χ2v) is 4.29. The molecule has 0 aliphatic rings. The summed E-state index contributed by atoms with van der Waals surface area (Å²) in [5.41, 5.74) is 3.37. The Morgan fingerprint density at radius 3 is 2.92 bits per heavy atom. The lowest BCUT2D eigenvalue weighted by molar-refractivity contribution is 0.411. The SMILES string of the molecule is C=C[SiH2]Cc1ccccc1OC. The molecule has 0 spiro atoms. The van der Waals surface area contributed by atoms with Crippen LogP contribution in [0.1, 0.15) is 5.56 Å². The highest BCUT2D eigenvalue weighted by atomic mass is 28.2. The van der Waals surface area contributed by atoms with Gasteiger partial charge in [0.1, 0.15) is 5.75 Å². The van der Waals surface area contributed by atoms with Gasteiger partial charge in [-0.25, -0.2) is 0 Å². The third kappa shape index (κ3) is 2.24. The Morgan fingerprint density at radius 2 is 2.25 bits per heavy atom. The predicted molar refractivity (Wildman–Crippen MR) is 55.4 cm³/mol.